The van der Waals surface area contributed by atoms with Gasteiger partial charge in [-0.15, -0.1) is 0 Å². The predicted octanol–water partition coefficient (Wildman–Crippen LogP) is 2.70. The third kappa shape index (κ3) is 5.95. The fraction of sp³-hybridized carbons (Fsp3) is 0.391. The third-order valence-corrected chi connectivity index (χ3v) is 6.16. The van der Waals surface area contributed by atoms with Crippen LogP contribution in [-0.4, -0.2) is 37.3 Å². The number of anilines is 2. The number of carbonyl (C=O) groups is 1. The predicted molar refractivity (Wildman–Crippen MR) is 132 cm³/mol. The zero-order chi connectivity index (χ0) is 23.8. The average Bonchev–Trinajstić information content (AvgIpc) is 3.25. The van der Waals surface area contributed by atoms with E-state index >= 15 is 0 Å². The number of carbonyl (C=O) groups excluding carboxylic acids is 1. The van der Waals surface area contributed by atoms with Crippen molar-refractivity contribution >= 4 is 29.2 Å². The van der Waals surface area contributed by atoms with Gasteiger partial charge < -0.3 is 15.2 Å². The maximum atomic E-state index is 13.2. The van der Waals surface area contributed by atoms with Crippen LogP contribution >= 0.6 is 11.8 Å². The number of hydrogen-bond donors (Lipinski definition) is 2. The number of aromatic nitrogens is 4. The Labute approximate surface area is 196 Å². The summed E-state index contributed by atoms with van der Waals surface area (Å²) in [7, 11) is 0. The number of benzene rings is 1. The minimum absolute atomic E-state index is 0.0153. The molecule has 3 aromatic rings. The number of imidazole rings is 1. The van der Waals surface area contributed by atoms with E-state index in [0.717, 1.165) is 30.1 Å². The quantitative estimate of drug-likeness (QED) is 0.416. The normalized spacial score (nSPS) is 11.0. The molecule has 2 aromatic heterocycles. The van der Waals surface area contributed by atoms with Gasteiger partial charge in [0.1, 0.15) is 5.82 Å². The largest absolute Gasteiger partial charge is 0.383 e. The summed E-state index contributed by atoms with van der Waals surface area (Å²) in [5, 5.41) is 0.747. The molecular weight excluding hydrogens is 440 g/mol. The van der Waals surface area contributed by atoms with Gasteiger partial charge in [-0.1, -0.05) is 62.4 Å². The van der Waals surface area contributed by atoms with E-state index in [-0.39, 0.29) is 29.7 Å². The smallest absolute Gasteiger partial charge is 0.330 e. The number of aromatic amines is 1. The van der Waals surface area contributed by atoms with Crippen LogP contribution in [0.4, 0.5) is 11.5 Å². The number of H-pyrrole nitrogens is 1. The molecule has 0 unspecified atom stereocenters. The summed E-state index contributed by atoms with van der Waals surface area (Å²) in [5.74, 6) is -0.183. The molecule has 1 amide bonds. The van der Waals surface area contributed by atoms with Crippen molar-refractivity contribution in [1.29, 1.82) is 0 Å². The van der Waals surface area contributed by atoms with Crippen LogP contribution in [0.5, 0.6) is 0 Å². The molecule has 9 nitrogen and oxygen atoms in total. The number of amides is 1. The van der Waals surface area contributed by atoms with Crippen LogP contribution in [0.3, 0.4) is 0 Å². The highest BCUT2D eigenvalue weighted by Crippen LogP contribution is 2.22. The molecular formula is C23H30N6O3S. The van der Waals surface area contributed by atoms with Crippen molar-refractivity contribution in [3.63, 3.8) is 0 Å². The van der Waals surface area contributed by atoms with Crippen LogP contribution in [0.2, 0.25) is 0 Å². The van der Waals surface area contributed by atoms with Crippen LogP contribution in [0, 0.1) is 0 Å². The molecule has 176 valence electrons. The maximum absolute atomic E-state index is 13.2. The molecule has 0 aliphatic rings. The van der Waals surface area contributed by atoms with Crippen LogP contribution < -0.4 is 21.9 Å². The third-order valence-electron chi connectivity index (χ3n) is 5.17. The minimum atomic E-state index is -0.663. The topological polar surface area (TPSA) is 119 Å². The lowest BCUT2D eigenvalue weighted by Crippen LogP contribution is -2.42. The zero-order valence-corrected chi connectivity index (χ0v) is 19.8. The van der Waals surface area contributed by atoms with E-state index in [9.17, 15) is 14.4 Å². The molecule has 3 N–H and O–H groups in total. The number of hydrogen-bond acceptors (Lipinski definition) is 6. The molecule has 10 heteroatoms. The van der Waals surface area contributed by atoms with Gasteiger partial charge in [-0.05, 0) is 18.4 Å². The van der Waals surface area contributed by atoms with Gasteiger partial charge in [0.15, 0.2) is 10.8 Å². The van der Waals surface area contributed by atoms with Crippen molar-refractivity contribution in [3.8, 4) is 0 Å². The summed E-state index contributed by atoms with van der Waals surface area (Å²) in [6.07, 6.45) is 6.07. The summed E-state index contributed by atoms with van der Waals surface area (Å²) >= 11 is 1.32. The molecule has 3 rings (SSSR count). The minimum Gasteiger partial charge on any atom is -0.383 e. The Hall–Kier alpha value is -3.27. The maximum Gasteiger partial charge on any atom is 0.330 e. The second-order valence-electron chi connectivity index (χ2n) is 7.66. The van der Waals surface area contributed by atoms with Gasteiger partial charge in [0.2, 0.25) is 5.91 Å². The Kier molecular flexibility index (Phi) is 8.53. The highest BCUT2D eigenvalue weighted by atomic mass is 32.2. The monoisotopic (exact) mass is 470 g/mol. The lowest BCUT2D eigenvalue weighted by Gasteiger charge is -2.24. The second-order valence-corrected chi connectivity index (χ2v) is 8.60. The number of nitrogens with one attached hydrogen (secondary N) is 1. The molecule has 0 aliphatic heterocycles. The average molecular weight is 471 g/mol. The van der Waals surface area contributed by atoms with E-state index in [1.165, 1.54) is 21.2 Å². The van der Waals surface area contributed by atoms with E-state index in [1.807, 2.05) is 48.0 Å². The summed E-state index contributed by atoms with van der Waals surface area (Å²) in [5.41, 5.74) is 5.92. The number of nitrogens with two attached hydrogens (primary N) is 1. The summed E-state index contributed by atoms with van der Waals surface area (Å²) in [6, 6.07) is 9.33. The lowest BCUT2D eigenvalue weighted by molar-refractivity contribution is -0.116. The molecule has 0 saturated carbocycles. The Balaban J connectivity index is 1.91. The molecule has 0 spiro atoms. The van der Waals surface area contributed by atoms with E-state index in [1.54, 1.807) is 6.20 Å². The van der Waals surface area contributed by atoms with Crippen molar-refractivity contribution in [2.75, 3.05) is 22.9 Å². The van der Waals surface area contributed by atoms with Crippen LogP contribution in [0.15, 0.2) is 57.5 Å². The van der Waals surface area contributed by atoms with Crippen LogP contribution in [0.25, 0.3) is 0 Å². The first-order valence-corrected chi connectivity index (χ1v) is 12.1. The van der Waals surface area contributed by atoms with Crippen molar-refractivity contribution in [2.24, 2.45) is 0 Å². The first kappa shape index (κ1) is 24.4. The molecule has 0 saturated heterocycles. The first-order chi connectivity index (χ1) is 16.0. The number of nitrogens with zero attached hydrogens (tertiary/aromatic N) is 4. The van der Waals surface area contributed by atoms with Gasteiger partial charge in [0, 0.05) is 25.5 Å². The standard InChI is InChI=1S/C23H30N6O3S/c1-3-5-13-28(18(30)16-33-23-25-11-14-27(23)12-4-2)19-20(24)29(22(32)26-21(19)31)15-17-9-7-6-8-10-17/h6-11,14H,3-5,12-13,15-16,24H2,1-2H3,(H,26,31,32). The lowest BCUT2D eigenvalue weighted by atomic mass is 10.2. The number of unbranched alkanes of at least 4 members (excludes halogenated alkanes) is 1. The molecule has 0 atom stereocenters. The highest BCUT2D eigenvalue weighted by Gasteiger charge is 2.24. The van der Waals surface area contributed by atoms with Crippen molar-refractivity contribution in [2.45, 2.75) is 51.4 Å². The SMILES string of the molecule is CCCCN(C(=O)CSc1nccn1CCC)c1c(N)n(Cc2ccccc2)c(=O)[nH]c1=O. The van der Waals surface area contributed by atoms with Gasteiger partial charge in [0.25, 0.3) is 5.56 Å². The zero-order valence-electron chi connectivity index (χ0n) is 19.0. The van der Waals surface area contributed by atoms with Crippen LogP contribution in [-0.2, 0) is 17.9 Å². The summed E-state index contributed by atoms with van der Waals surface area (Å²) < 4.78 is 3.29. The van der Waals surface area contributed by atoms with Crippen molar-refractivity contribution in [3.05, 3.63) is 69.1 Å². The number of thioether (sulfide) groups is 1. The highest BCUT2D eigenvalue weighted by molar-refractivity contribution is 7.99. The Morgan fingerprint density at radius 2 is 1.94 bits per heavy atom. The van der Waals surface area contributed by atoms with E-state index < -0.39 is 11.2 Å². The Morgan fingerprint density at radius 1 is 1.18 bits per heavy atom. The fourth-order valence-corrected chi connectivity index (χ4v) is 4.35. The second kappa shape index (κ2) is 11.6. The molecule has 2 heterocycles. The number of aryl methyl sites for hydroxylation is 1. The van der Waals surface area contributed by atoms with E-state index in [4.69, 9.17) is 5.73 Å². The summed E-state index contributed by atoms with van der Waals surface area (Å²) in [4.78, 5) is 46.6. The Bertz CT molecular complexity index is 1180. The number of nitrogen functional groups attached to an aromatic ring is 1. The van der Waals surface area contributed by atoms with Gasteiger partial charge in [-0.2, -0.15) is 0 Å². The molecule has 0 aliphatic carbocycles. The molecule has 0 fully saturated rings. The molecule has 0 radical (unpaired) electrons. The van der Waals surface area contributed by atoms with Gasteiger partial charge in [-0.3, -0.25) is 19.1 Å². The van der Waals surface area contributed by atoms with Crippen molar-refractivity contribution in [1.82, 2.24) is 19.1 Å². The molecule has 0 bridgehead atoms. The molecule has 1 aromatic carbocycles. The summed E-state index contributed by atoms with van der Waals surface area (Å²) in [6.45, 7) is 5.41. The van der Waals surface area contributed by atoms with Gasteiger partial charge in [0.05, 0.1) is 12.3 Å². The van der Waals surface area contributed by atoms with Crippen molar-refractivity contribution < 1.29 is 4.79 Å². The molecule has 33 heavy (non-hydrogen) atoms. The Morgan fingerprint density at radius 3 is 2.64 bits per heavy atom. The van der Waals surface area contributed by atoms with E-state index in [0.29, 0.717) is 13.0 Å². The fourth-order valence-electron chi connectivity index (χ4n) is 3.49. The van der Waals surface area contributed by atoms with Gasteiger partial charge in [-0.25, -0.2) is 9.78 Å². The number of rotatable bonds is 11. The van der Waals surface area contributed by atoms with Gasteiger partial charge >= 0.3 is 5.69 Å². The van der Waals surface area contributed by atoms with E-state index in [2.05, 4.69) is 16.9 Å². The van der Waals surface area contributed by atoms with Crippen LogP contribution in [0.1, 0.15) is 38.7 Å². The first-order valence-electron chi connectivity index (χ1n) is 11.1.